The van der Waals surface area contributed by atoms with Crippen LogP contribution in [0.1, 0.15) is 12.8 Å². The highest BCUT2D eigenvalue weighted by Gasteiger charge is 1.91. The summed E-state index contributed by atoms with van der Waals surface area (Å²) in [6.07, 6.45) is 3.61. The normalized spacial score (nSPS) is 10.2. The minimum atomic E-state index is -0.428. The summed E-state index contributed by atoms with van der Waals surface area (Å²) in [5.41, 5.74) is 4.81. The maximum atomic E-state index is 10.1. The van der Waals surface area contributed by atoms with Crippen LogP contribution in [-0.4, -0.2) is 17.4 Å². The molecule has 0 aromatic carbocycles. The topological polar surface area (TPSA) is 86.2 Å². The highest BCUT2D eigenvalue weighted by molar-refractivity contribution is 5.75. The number of nitrogens with zero attached hydrogens (tertiary/aromatic N) is 1. The Morgan fingerprint density at radius 3 is 2.64 bits per heavy atom. The van der Waals surface area contributed by atoms with Crippen molar-refractivity contribution in [2.24, 2.45) is 5.73 Å². The summed E-state index contributed by atoms with van der Waals surface area (Å²) in [4.78, 5) is 19.5. The molecule has 0 radical (unpaired) electrons. The molecule has 0 aromatic heterocycles. The zero-order valence-corrected chi connectivity index (χ0v) is 6.03. The molecule has 0 unspecified atom stereocenters. The van der Waals surface area contributed by atoms with Crippen LogP contribution in [0.25, 0.3) is 0 Å². The van der Waals surface area contributed by atoms with E-state index in [-0.39, 0.29) is 13.0 Å². The maximum Gasteiger partial charge on any atom is 0.221 e. The number of primary amides is 1. The highest BCUT2D eigenvalue weighted by atomic mass is 16.6. The third-order valence-electron chi connectivity index (χ3n) is 0.964. The maximum absolute atomic E-state index is 10.1. The van der Waals surface area contributed by atoms with Gasteiger partial charge in [-0.2, -0.15) is 0 Å². The predicted octanol–water partition coefficient (Wildman–Crippen LogP) is 0.0848. The molecule has 0 saturated heterocycles. The molecular formula is C6H10N2O3. The standard InChI is InChI=1S/C6H10N2O3/c7-6(9)4-2-1-3-5-8(10)11/h1-2H,3-5H2,(H2,7,9). The van der Waals surface area contributed by atoms with Gasteiger partial charge in [-0.05, 0) is 0 Å². The van der Waals surface area contributed by atoms with Gasteiger partial charge in [-0.25, -0.2) is 0 Å². The molecule has 0 aromatic rings. The van der Waals surface area contributed by atoms with Crippen LogP contribution in [0, 0.1) is 10.1 Å². The second-order valence-electron chi connectivity index (χ2n) is 1.99. The van der Waals surface area contributed by atoms with Gasteiger partial charge in [-0.3, -0.25) is 14.9 Å². The van der Waals surface area contributed by atoms with Gasteiger partial charge in [-0.15, -0.1) is 0 Å². The lowest BCUT2D eigenvalue weighted by Gasteiger charge is -1.86. The Hall–Kier alpha value is -1.39. The lowest BCUT2D eigenvalue weighted by molar-refractivity contribution is -0.478. The van der Waals surface area contributed by atoms with Gasteiger partial charge in [0.25, 0.3) is 0 Å². The monoisotopic (exact) mass is 158 g/mol. The van der Waals surface area contributed by atoms with Crippen LogP contribution in [0.15, 0.2) is 12.2 Å². The van der Waals surface area contributed by atoms with Crippen molar-refractivity contribution in [3.63, 3.8) is 0 Å². The van der Waals surface area contributed by atoms with E-state index in [2.05, 4.69) is 0 Å². The van der Waals surface area contributed by atoms with E-state index in [4.69, 9.17) is 5.73 Å². The minimum Gasteiger partial charge on any atom is -0.369 e. The summed E-state index contributed by atoms with van der Waals surface area (Å²) in [6.45, 7) is -0.102. The summed E-state index contributed by atoms with van der Waals surface area (Å²) in [7, 11) is 0. The van der Waals surface area contributed by atoms with Crippen LogP contribution < -0.4 is 5.73 Å². The first-order valence-corrected chi connectivity index (χ1v) is 3.18. The lowest BCUT2D eigenvalue weighted by atomic mass is 10.3. The third kappa shape index (κ3) is 8.61. The molecule has 0 atom stereocenters. The first kappa shape index (κ1) is 9.61. The molecule has 0 saturated carbocycles. The molecule has 0 bridgehead atoms. The van der Waals surface area contributed by atoms with Crippen molar-refractivity contribution in [1.82, 2.24) is 0 Å². The van der Waals surface area contributed by atoms with Crippen LogP contribution >= 0.6 is 0 Å². The van der Waals surface area contributed by atoms with Gasteiger partial charge in [0.05, 0.1) is 0 Å². The second-order valence-corrected chi connectivity index (χ2v) is 1.99. The van der Waals surface area contributed by atoms with Crippen molar-refractivity contribution in [2.45, 2.75) is 12.8 Å². The summed E-state index contributed by atoms with van der Waals surface area (Å²) in [5, 5.41) is 9.78. The molecule has 1 amide bonds. The van der Waals surface area contributed by atoms with Crippen molar-refractivity contribution in [3.8, 4) is 0 Å². The van der Waals surface area contributed by atoms with Gasteiger partial charge in [0.1, 0.15) is 0 Å². The van der Waals surface area contributed by atoms with Crippen molar-refractivity contribution in [3.05, 3.63) is 22.3 Å². The van der Waals surface area contributed by atoms with Crippen molar-refractivity contribution in [2.75, 3.05) is 6.54 Å². The number of carbonyl (C=O) groups is 1. The van der Waals surface area contributed by atoms with Crippen LogP contribution in [0.4, 0.5) is 0 Å². The molecule has 0 aliphatic rings. The number of hydrogen-bond donors (Lipinski definition) is 1. The van der Waals surface area contributed by atoms with E-state index in [1.807, 2.05) is 0 Å². The number of nitrogens with two attached hydrogens (primary N) is 1. The Balaban J connectivity index is 3.30. The van der Waals surface area contributed by atoms with Gasteiger partial charge in [-0.1, -0.05) is 12.2 Å². The molecule has 0 heterocycles. The zero-order valence-electron chi connectivity index (χ0n) is 6.03. The average molecular weight is 158 g/mol. The Morgan fingerprint density at radius 1 is 1.55 bits per heavy atom. The van der Waals surface area contributed by atoms with E-state index >= 15 is 0 Å². The first-order valence-electron chi connectivity index (χ1n) is 3.18. The van der Waals surface area contributed by atoms with Gasteiger partial charge in [0.2, 0.25) is 12.5 Å². The van der Waals surface area contributed by atoms with Crippen LogP contribution in [0.2, 0.25) is 0 Å². The second kappa shape index (κ2) is 5.40. The van der Waals surface area contributed by atoms with E-state index in [0.717, 1.165) is 0 Å². The fourth-order valence-corrected chi connectivity index (χ4v) is 0.497. The molecule has 0 rings (SSSR count). The molecule has 0 fully saturated rings. The molecule has 62 valence electrons. The molecule has 11 heavy (non-hydrogen) atoms. The number of nitro groups is 1. The van der Waals surface area contributed by atoms with E-state index in [0.29, 0.717) is 6.42 Å². The number of rotatable bonds is 5. The fourth-order valence-electron chi connectivity index (χ4n) is 0.497. The largest absolute Gasteiger partial charge is 0.369 e. The average Bonchev–Trinajstić information content (AvgIpc) is 1.85. The number of hydrogen-bond acceptors (Lipinski definition) is 3. The third-order valence-corrected chi connectivity index (χ3v) is 0.964. The molecule has 5 nitrogen and oxygen atoms in total. The number of carbonyl (C=O) groups excluding carboxylic acids is 1. The van der Waals surface area contributed by atoms with Crippen LogP contribution in [0.3, 0.4) is 0 Å². The van der Waals surface area contributed by atoms with Gasteiger partial charge in [0, 0.05) is 17.8 Å². The molecule has 2 N–H and O–H groups in total. The highest BCUT2D eigenvalue weighted by Crippen LogP contribution is 1.86. The number of amides is 1. The summed E-state index contributed by atoms with van der Waals surface area (Å²) in [6, 6.07) is 0. The van der Waals surface area contributed by atoms with Crippen LogP contribution in [-0.2, 0) is 4.79 Å². The Bertz CT molecular complexity index is 177. The van der Waals surface area contributed by atoms with Crippen molar-refractivity contribution < 1.29 is 9.72 Å². The lowest BCUT2D eigenvalue weighted by Crippen LogP contribution is -2.08. The fraction of sp³-hybridized carbons (Fsp3) is 0.500. The smallest absolute Gasteiger partial charge is 0.221 e. The van der Waals surface area contributed by atoms with E-state index in [9.17, 15) is 14.9 Å². The Kier molecular flexibility index (Phi) is 4.72. The molecule has 0 aliphatic heterocycles. The molecule has 5 heteroatoms. The molecular weight excluding hydrogens is 148 g/mol. The summed E-state index contributed by atoms with van der Waals surface area (Å²) < 4.78 is 0. The molecule has 0 aliphatic carbocycles. The Labute approximate surface area is 64.0 Å². The predicted molar refractivity (Wildman–Crippen MR) is 39.4 cm³/mol. The van der Waals surface area contributed by atoms with Gasteiger partial charge in [0.15, 0.2) is 0 Å². The minimum absolute atomic E-state index is 0.102. The van der Waals surface area contributed by atoms with Crippen molar-refractivity contribution in [1.29, 1.82) is 0 Å². The van der Waals surface area contributed by atoms with E-state index in [1.54, 1.807) is 6.08 Å². The van der Waals surface area contributed by atoms with Crippen molar-refractivity contribution >= 4 is 5.91 Å². The summed E-state index contributed by atoms with van der Waals surface area (Å²) in [5.74, 6) is -0.428. The molecule has 0 spiro atoms. The summed E-state index contributed by atoms with van der Waals surface area (Å²) >= 11 is 0. The van der Waals surface area contributed by atoms with E-state index < -0.39 is 10.8 Å². The zero-order chi connectivity index (χ0) is 8.69. The van der Waals surface area contributed by atoms with Crippen LogP contribution in [0.5, 0.6) is 0 Å². The van der Waals surface area contributed by atoms with E-state index in [1.165, 1.54) is 6.08 Å². The SMILES string of the molecule is NC(=O)CC=CCC[N+](=O)[O-]. The van der Waals surface area contributed by atoms with Gasteiger partial charge >= 0.3 is 0 Å². The first-order chi connectivity index (χ1) is 5.13. The van der Waals surface area contributed by atoms with Gasteiger partial charge < -0.3 is 5.73 Å². The quantitative estimate of drug-likeness (QED) is 0.349. The Morgan fingerprint density at radius 2 is 2.18 bits per heavy atom.